The zero-order valence-electron chi connectivity index (χ0n) is 9.23. The number of amides is 1. The van der Waals surface area contributed by atoms with E-state index in [9.17, 15) is 0 Å². The van der Waals surface area contributed by atoms with Crippen molar-refractivity contribution in [2.75, 3.05) is 26.6 Å². The molecule has 0 bridgehead atoms. The van der Waals surface area contributed by atoms with Gasteiger partial charge in [-0.3, -0.25) is 4.79 Å². The van der Waals surface area contributed by atoms with Gasteiger partial charge in [-0.1, -0.05) is 12.1 Å². The van der Waals surface area contributed by atoms with Crippen molar-refractivity contribution in [3.8, 4) is 5.75 Å². The molecule has 1 aromatic carbocycles. The normalized spacial score (nSPS) is 8.80. The number of anilines is 1. The number of hydrogen-bond donors (Lipinski definition) is 2. The van der Waals surface area contributed by atoms with E-state index < -0.39 is 0 Å². The molecule has 0 saturated heterocycles. The van der Waals surface area contributed by atoms with E-state index in [4.69, 9.17) is 9.53 Å². The van der Waals surface area contributed by atoms with E-state index in [-0.39, 0.29) is 6.41 Å². The first kappa shape index (κ1) is 13.2. The Morgan fingerprint density at radius 3 is 2.40 bits per heavy atom. The summed E-state index contributed by atoms with van der Waals surface area (Å²) >= 11 is 0. The van der Waals surface area contributed by atoms with E-state index in [2.05, 4.69) is 11.2 Å². The van der Waals surface area contributed by atoms with Crippen LogP contribution in [0.15, 0.2) is 24.3 Å². The lowest BCUT2D eigenvalue weighted by atomic mass is 10.3. The molecule has 1 rings (SSSR count). The predicted molar refractivity (Wildman–Crippen MR) is 60.6 cm³/mol. The summed E-state index contributed by atoms with van der Waals surface area (Å²) in [5, 5.41) is 1.87. The van der Waals surface area contributed by atoms with Crippen molar-refractivity contribution in [1.82, 2.24) is 5.01 Å². The fourth-order valence-corrected chi connectivity index (χ4v) is 0.978. The maximum atomic E-state index is 8.58. The highest BCUT2D eigenvalue weighted by Crippen LogP contribution is 2.22. The molecule has 0 heterocycles. The summed E-state index contributed by atoms with van der Waals surface area (Å²) in [4.78, 5) is 8.58. The third kappa shape index (κ3) is 5.53. The zero-order valence-corrected chi connectivity index (χ0v) is 9.23. The van der Waals surface area contributed by atoms with Gasteiger partial charge in [-0.25, -0.2) is 5.01 Å². The molecule has 0 atom stereocenters. The van der Waals surface area contributed by atoms with E-state index in [1.807, 2.05) is 43.4 Å². The van der Waals surface area contributed by atoms with Gasteiger partial charge in [0.15, 0.2) is 0 Å². The molecule has 0 unspecified atom stereocenters. The first-order chi connectivity index (χ1) is 7.15. The number of ether oxygens (including phenoxy) is 1. The highest BCUT2D eigenvalue weighted by molar-refractivity contribution is 5.55. The molecule has 0 aromatic heterocycles. The second-order valence-corrected chi connectivity index (χ2v) is 2.84. The number of methoxy groups -OCH3 is 1. The molecule has 0 aliphatic rings. The topological polar surface area (TPSA) is 67.6 Å². The number of rotatable bonds is 3. The highest BCUT2D eigenvalue weighted by atomic mass is 16.5. The first-order valence-electron chi connectivity index (χ1n) is 4.38. The first-order valence-corrected chi connectivity index (χ1v) is 4.38. The quantitative estimate of drug-likeness (QED) is 0.570. The van der Waals surface area contributed by atoms with Crippen LogP contribution in [-0.4, -0.2) is 32.6 Å². The Morgan fingerprint density at radius 1 is 1.40 bits per heavy atom. The van der Waals surface area contributed by atoms with Crippen molar-refractivity contribution >= 4 is 12.1 Å². The van der Waals surface area contributed by atoms with Gasteiger partial charge < -0.3 is 15.9 Å². The maximum absolute atomic E-state index is 8.58. The number of hydrogen-bond acceptors (Lipinski definition) is 4. The second-order valence-electron chi connectivity index (χ2n) is 2.84. The van der Waals surface area contributed by atoms with Gasteiger partial charge in [0.05, 0.1) is 12.8 Å². The van der Waals surface area contributed by atoms with Crippen LogP contribution < -0.4 is 15.9 Å². The average molecular weight is 211 g/mol. The van der Waals surface area contributed by atoms with E-state index >= 15 is 0 Å². The molecule has 5 nitrogen and oxygen atoms in total. The summed E-state index contributed by atoms with van der Waals surface area (Å²) in [6.45, 7) is 0. The number of carbonyl (C=O) groups is 1. The Kier molecular flexibility index (Phi) is 6.74. The lowest BCUT2D eigenvalue weighted by Gasteiger charge is -2.15. The van der Waals surface area contributed by atoms with Crippen molar-refractivity contribution in [2.24, 2.45) is 5.73 Å². The third-order valence-electron chi connectivity index (χ3n) is 1.45. The molecule has 0 saturated carbocycles. The number of hydrazine groups is 1. The highest BCUT2D eigenvalue weighted by Gasteiger charge is 1.99. The summed E-state index contributed by atoms with van der Waals surface area (Å²) < 4.78 is 5.16. The van der Waals surface area contributed by atoms with Crippen LogP contribution >= 0.6 is 0 Å². The summed E-state index contributed by atoms with van der Waals surface area (Å²) in [6.07, 6.45) is 0.250. The van der Waals surface area contributed by atoms with E-state index in [1.54, 1.807) is 7.11 Å². The molecule has 1 amide bonds. The van der Waals surface area contributed by atoms with E-state index in [0.717, 1.165) is 11.4 Å². The molecular formula is C10H17N3O2. The third-order valence-corrected chi connectivity index (χ3v) is 1.45. The van der Waals surface area contributed by atoms with Gasteiger partial charge in [0.2, 0.25) is 6.41 Å². The van der Waals surface area contributed by atoms with Crippen molar-refractivity contribution in [3.63, 3.8) is 0 Å². The van der Waals surface area contributed by atoms with Gasteiger partial charge in [-0.05, 0) is 12.1 Å². The van der Waals surface area contributed by atoms with Gasteiger partial charge in [0, 0.05) is 14.1 Å². The average Bonchev–Trinajstić information content (AvgIpc) is 2.19. The maximum Gasteiger partial charge on any atom is 0.204 e. The Morgan fingerprint density at radius 2 is 1.93 bits per heavy atom. The van der Waals surface area contributed by atoms with E-state index in [0.29, 0.717) is 0 Å². The Hall–Kier alpha value is -1.75. The van der Waals surface area contributed by atoms with Crippen LogP contribution in [0.3, 0.4) is 0 Å². The largest absolute Gasteiger partial charge is 0.495 e. The molecular weight excluding hydrogens is 194 g/mol. The zero-order chi connectivity index (χ0) is 11.7. The van der Waals surface area contributed by atoms with Crippen molar-refractivity contribution in [1.29, 1.82) is 0 Å². The molecule has 0 aliphatic heterocycles. The summed E-state index contributed by atoms with van der Waals surface area (Å²) in [5.41, 5.74) is 8.28. The summed E-state index contributed by atoms with van der Waals surface area (Å²) in [5.74, 6) is 0.853. The molecule has 15 heavy (non-hydrogen) atoms. The van der Waals surface area contributed by atoms with Crippen molar-refractivity contribution in [2.45, 2.75) is 0 Å². The number of nitrogens with two attached hydrogens (primary N) is 1. The standard InChI is InChI=1S/C9H14N2O.CH3NO/c1-11(2)10-8-6-4-5-7-9(8)12-3;2-1-3/h4-7,10H,1-3H3;1H,(H2,2,3). The van der Waals surface area contributed by atoms with Crippen LogP contribution in [0.25, 0.3) is 0 Å². The molecule has 0 aliphatic carbocycles. The molecule has 1 aromatic rings. The van der Waals surface area contributed by atoms with Gasteiger partial charge in [0.1, 0.15) is 5.75 Å². The number of nitrogens with zero attached hydrogens (tertiary/aromatic N) is 1. The van der Waals surface area contributed by atoms with Crippen LogP contribution in [0.1, 0.15) is 0 Å². The fourth-order valence-electron chi connectivity index (χ4n) is 0.978. The fraction of sp³-hybridized carbons (Fsp3) is 0.300. The summed E-state index contributed by atoms with van der Waals surface area (Å²) in [7, 11) is 5.54. The number of benzene rings is 1. The van der Waals surface area contributed by atoms with Gasteiger partial charge >= 0.3 is 0 Å². The van der Waals surface area contributed by atoms with Gasteiger partial charge in [-0.15, -0.1) is 0 Å². The van der Waals surface area contributed by atoms with Gasteiger partial charge in [-0.2, -0.15) is 0 Å². The molecule has 0 spiro atoms. The molecule has 84 valence electrons. The minimum Gasteiger partial charge on any atom is -0.495 e. The van der Waals surface area contributed by atoms with Crippen molar-refractivity contribution < 1.29 is 9.53 Å². The van der Waals surface area contributed by atoms with Crippen molar-refractivity contribution in [3.05, 3.63) is 24.3 Å². The molecule has 3 N–H and O–H groups in total. The smallest absolute Gasteiger partial charge is 0.204 e. The minimum atomic E-state index is 0.250. The number of nitrogens with one attached hydrogen (secondary N) is 1. The Labute approximate surface area is 89.8 Å². The molecule has 5 heteroatoms. The Balaban J connectivity index is 0.000000583. The number of primary amides is 1. The monoisotopic (exact) mass is 211 g/mol. The lowest BCUT2D eigenvalue weighted by molar-refractivity contribution is -0.106. The van der Waals surface area contributed by atoms with Crippen LogP contribution in [-0.2, 0) is 4.79 Å². The van der Waals surface area contributed by atoms with Gasteiger partial charge in [0.25, 0.3) is 0 Å². The minimum absolute atomic E-state index is 0.250. The number of carbonyl (C=O) groups excluding carboxylic acids is 1. The van der Waals surface area contributed by atoms with Crippen LogP contribution in [0.2, 0.25) is 0 Å². The molecule has 0 radical (unpaired) electrons. The molecule has 0 fully saturated rings. The van der Waals surface area contributed by atoms with E-state index in [1.165, 1.54) is 0 Å². The Bertz CT molecular complexity index is 290. The van der Waals surface area contributed by atoms with Crippen LogP contribution in [0.5, 0.6) is 5.75 Å². The van der Waals surface area contributed by atoms with Crippen LogP contribution in [0, 0.1) is 0 Å². The predicted octanol–water partition coefficient (Wildman–Crippen LogP) is 0.685. The summed E-state index contributed by atoms with van der Waals surface area (Å²) in [6, 6.07) is 7.80. The van der Waals surface area contributed by atoms with Crippen LogP contribution in [0.4, 0.5) is 5.69 Å². The SMILES string of the molecule is COc1ccccc1NN(C)C.NC=O. The number of para-hydroxylation sites is 2. The second kappa shape index (κ2) is 7.64. The lowest BCUT2D eigenvalue weighted by Crippen LogP contribution is -2.19.